The highest BCUT2D eigenvalue weighted by molar-refractivity contribution is 5.93. The standard InChI is InChI=1S/C17H15N/c1-2-6-13(7-3-1)17-14-10-4-8-12-9-5-11-15(18-17)16(12)14/h1-3,5-7,9,11,18H,4,8,10H2. The molecule has 0 radical (unpaired) electrons. The zero-order valence-corrected chi connectivity index (χ0v) is 10.2. The molecule has 0 amide bonds. The third-order valence-electron chi connectivity index (χ3n) is 3.95. The lowest BCUT2D eigenvalue weighted by Crippen LogP contribution is -1.99. The number of aromatic nitrogens is 1. The van der Waals surface area contributed by atoms with Crippen LogP contribution in [0.15, 0.2) is 48.5 Å². The summed E-state index contributed by atoms with van der Waals surface area (Å²) in [6, 6.07) is 17.3. The molecule has 0 saturated carbocycles. The van der Waals surface area contributed by atoms with Gasteiger partial charge >= 0.3 is 0 Å². The molecule has 1 N–H and O–H groups in total. The topological polar surface area (TPSA) is 15.8 Å². The molecule has 1 aliphatic rings. The summed E-state index contributed by atoms with van der Waals surface area (Å²) >= 11 is 0. The SMILES string of the molecule is c1ccc(-c2[nH]c3cccc4c3c2CCC4)cc1. The number of nitrogens with one attached hydrogen (secondary N) is 1. The van der Waals surface area contributed by atoms with Crippen molar-refractivity contribution in [3.8, 4) is 11.3 Å². The third-order valence-corrected chi connectivity index (χ3v) is 3.95. The number of aryl methyl sites for hydroxylation is 2. The van der Waals surface area contributed by atoms with Crippen molar-refractivity contribution in [2.24, 2.45) is 0 Å². The van der Waals surface area contributed by atoms with Gasteiger partial charge in [0.25, 0.3) is 0 Å². The van der Waals surface area contributed by atoms with Crippen molar-refractivity contribution >= 4 is 10.9 Å². The van der Waals surface area contributed by atoms with Crippen LogP contribution in [-0.4, -0.2) is 4.98 Å². The molecule has 1 aromatic heterocycles. The largest absolute Gasteiger partial charge is 0.354 e. The molecule has 0 saturated heterocycles. The molecule has 1 aliphatic carbocycles. The van der Waals surface area contributed by atoms with Crippen LogP contribution in [0.4, 0.5) is 0 Å². The lowest BCUT2D eigenvalue weighted by Gasteiger charge is -2.13. The van der Waals surface area contributed by atoms with Crippen LogP contribution in [0.3, 0.4) is 0 Å². The maximum absolute atomic E-state index is 3.61. The van der Waals surface area contributed by atoms with Crippen molar-refractivity contribution in [3.05, 3.63) is 59.7 Å². The molecular weight excluding hydrogens is 218 g/mol. The van der Waals surface area contributed by atoms with Crippen molar-refractivity contribution in [1.29, 1.82) is 0 Å². The van der Waals surface area contributed by atoms with Gasteiger partial charge in [0.15, 0.2) is 0 Å². The van der Waals surface area contributed by atoms with Crippen LogP contribution < -0.4 is 0 Å². The summed E-state index contributed by atoms with van der Waals surface area (Å²) in [6.45, 7) is 0. The average Bonchev–Trinajstić information content (AvgIpc) is 2.82. The van der Waals surface area contributed by atoms with Crippen LogP contribution in [0.25, 0.3) is 22.2 Å². The molecule has 1 heteroatoms. The van der Waals surface area contributed by atoms with E-state index in [2.05, 4.69) is 53.5 Å². The third kappa shape index (κ3) is 1.34. The Hall–Kier alpha value is -2.02. The van der Waals surface area contributed by atoms with Crippen LogP contribution in [0.1, 0.15) is 17.5 Å². The first kappa shape index (κ1) is 9.95. The molecule has 0 spiro atoms. The molecule has 4 rings (SSSR count). The van der Waals surface area contributed by atoms with Gasteiger partial charge in [0, 0.05) is 16.6 Å². The van der Waals surface area contributed by atoms with Crippen LogP contribution in [0.2, 0.25) is 0 Å². The van der Waals surface area contributed by atoms with E-state index in [1.165, 1.54) is 52.5 Å². The number of H-pyrrole nitrogens is 1. The summed E-state index contributed by atoms with van der Waals surface area (Å²) in [5, 5.41) is 1.47. The molecule has 0 aliphatic heterocycles. The van der Waals surface area contributed by atoms with Crippen molar-refractivity contribution in [1.82, 2.24) is 4.98 Å². The minimum absolute atomic E-state index is 1.20. The van der Waals surface area contributed by atoms with Gasteiger partial charge in [0.2, 0.25) is 0 Å². The number of hydrogen-bond acceptors (Lipinski definition) is 0. The minimum Gasteiger partial charge on any atom is -0.354 e. The molecule has 0 bridgehead atoms. The highest BCUT2D eigenvalue weighted by atomic mass is 14.7. The Balaban J connectivity index is 2.06. The second-order valence-electron chi connectivity index (χ2n) is 5.04. The Morgan fingerprint density at radius 1 is 0.833 bits per heavy atom. The lowest BCUT2D eigenvalue weighted by atomic mass is 9.90. The highest BCUT2D eigenvalue weighted by Gasteiger charge is 2.18. The predicted octanol–water partition coefficient (Wildman–Crippen LogP) is 4.32. The normalized spacial score (nSPS) is 14.0. The van der Waals surface area contributed by atoms with E-state index in [0.29, 0.717) is 0 Å². The molecule has 0 atom stereocenters. The van der Waals surface area contributed by atoms with Crippen LogP contribution >= 0.6 is 0 Å². The maximum Gasteiger partial charge on any atom is 0.0497 e. The Kier molecular flexibility index (Phi) is 2.07. The number of hydrogen-bond donors (Lipinski definition) is 1. The predicted molar refractivity (Wildman–Crippen MR) is 75.8 cm³/mol. The molecular formula is C17H15N. The minimum atomic E-state index is 1.20. The molecule has 88 valence electrons. The van der Waals surface area contributed by atoms with Gasteiger partial charge in [-0.3, -0.25) is 0 Å². The first-order valence-corrected chi connectivity index (χ1v) is 6.61. The van der Waals surface area contributed by atoms with Gasteiger partial charge in [-0.25, -0.2) is 0 Å². The van der Waals surface area contributed by atoms with E-state index < -0.39 is 0 Å². The second kappa shape index (κ2) is 3.74. The number of aromatic amines is 1. The van der Waals surface area contributed by atoms with Crippen molar-refractivity contribution in [2.75, 3.05) is 0 Å². The number of benzene rings is 2. The zero-order valence-electron chi connectivity index (χ0n) is 10.2. The second-order valence-corrected chi connectivity index (χ2v) is 5.04. The quantitative estimate of drug-likeness (QED) is 0.644. The average molecular weight is 233 g/mol. The van der Waals surface area contributed by atoms with E-state index in [-0.39, 0.29) is 0 Å². The summed E-state index contributed by atoms with van der Waals surface area (Å²) in [4.78, 5) is 3.61. The summed E-state index contributed by atoms with van der Waals surface area (Å²) in [7, 11) is 0. The fourth-order valence-corrected chi connectivity index (χ4v) is 3.16. The summed E-state index contributed by atoms with van der Waals surface area (Å²) < 4.78 is 0. The molecule has 18 heavy (non-hydrogen) atoms. The molecule has 1 nitrogen and oxygen atoms in total. The Morgan fingerprint density at radius 2 is 1.72 bits per heavy atom. The Bertz CT molecular complexity index is 707. The Morgan fingerprint density at radius 3 is 2.61 bits per heavy atom. The van der Waals surface area contributed by atoms with E-state index in [4.69, 9.17) is 0 Å². The van der Waals surface area contributed by atoms with E-state index in [9.17, 15) is 0 Å². The van der Waals surface area contributed by atoms with Gasteiger partial charge < -0.3 is 4.98 Å². The smallest absolute Gasteiger partial charge is 0.0497 e. The summed E-state index contributed by atoms with van der Waals surface area (Å²) in [5.41, 5.74) is 6.93. The maximum atomic E-state index is 3.61. The van der Waals surface area contributed by atoms with Gasteiger partial charge in [-0.2, -0.15) is 0 Å². The monoisotopic (exact) mass is 233 g/mol. The molecule has 0 unspecified atom stereocenters. The molecule has 1 heterocycles. The van der Waals surface area contributed by atoms with Gasteiger partial charge in [-0.05, 0) is 42.0 Å². The van der Waals surface area contributed by atoms with Crippen molar-refractivity contribution < 1.29 is 0 Å². The highest BCUT2D eigenvalue weighted by Crippen LogP contribution is 2.36. The fraction of sp³-hybridized carbons (Fsp3) is 0.176. The lowest BCUT2D eigenvalue weighted by molar-refractivity contribution is 0.811. The van der Waals surface area contributed by atoms with Crippen LogP contribution in [0, 0.1) is 0 Å². The van der Waals surface area contributed by atoms with Crippen molar-refractivity contribution in [3.63, 3.8) is 0 Å². The molecule has 2 aromatic carbocycles. The van der Waals surface area contributed by atoms with E-state index in [1.54, 1.807) is 0 Å². The summed E-state index contributed by atoms with van der Waals surface area (Å²) in [5.74, 6) is 0. The van der Waals surface area contributed by atoms with E-state index in [1.807, 2.05) is 0 Å². The summed E-state index contributed by atoms with van der Waals surface area (Å²) in [6.07, 6.45) is 3.68. The van der Waals surface area contributed by atoms with Crippen LogP contribution in [0.5, 0.6) is 0 Å². The van der Waals surface area contributed by atoms with Gasteiger partial charge in [0.1, 0.15) is 0 Å². The fourth-order valence-electron chi connectivity index (χ4n) is 3.16. The zero-order chi connectivity index (χ0) is 11.9. The van der Waals surface area contributed by atoms with E-state index in [0.717, 1.165) is 0 Å². The van der Waals surface area contributed by atoms with E-state index >= 15 is 0 Å². The molecule has 0 fully saturated rings. The van der Waals surface area contributed by atoms with Gasteiger partial charge in [-0.1, -0.05) is 42.5 Å². The van der Waals surface area contributed by atoms with Crippen molar-refractivity contribution in [2.45, 2.75) is 19.3 Å². The Labute approximate surface area is 106 Å². The van der Waals surface area contributed by atoms with Gasteiger partial charge in [0.05, 0.1) is 0 Å². The first-order chi connectivity index (χ1) is 8.93. The number of rotatable bonds is 1. The van der Waals surface area contributed by atoms with Gasteiger partial charge in [-0.15, -0.1) is 0 Å². The van der Waals surface area contributed by atoms with Crippen LogP contribution in [-0.2, 0) is 12.8 Å². The first-order valence-electron chi connectivity index (χ1n) is 6.61. The molecule has 3 aromatic rings.